The van der Waals surface area contributed by atoms with Gasteiger partial charge in [0.2, 0.25) is 11.8 Å². The maximum atomic E-state index is 12.0. The van der Waals surface area contributed by atoms with Gasteiger partial charge in [-0.2, -0.15) is 0 Å². The van der Waals surface area contributed by atoms with Gasteiger partial charge in [-0.15, -0.1) is 0 Å². The average Bonchev–Trinajstić information content (AvgIpc) is 2.70. The topological polar surface area (TPSA) is 174 Å². The zero-order valence-corrected chi connectivity index (χ0v) is 14.8. The van der Waals surface area contributed by atoms with Crippen LogP contribution in [0.5, 0.6) is 0 Å². The predicted octanol–water partition coefficient (Wildman–Crippen LogP) is 1.68. The van der Waals surface area contributed by atoms with Crippen molar-refractivity contribution >= 4 is 34.8 Å². The Labute approximate surface area is 163 Å². The molecule has 2 aromatic carbocycles. The van der Waals surface area contributed by atoms with Crippen LogP contribution in [0.25, 0.3) is 0 Å². The number of carbonyl (C=O) groups is 3. The zero-order valence-electron chi connectivity index (χ0n) is 14.8. The number of nitrogens with one attached hydrogen (secondary N) is 3. The summed E-state index contributed by atoms with van der Waals surface area (Å²) in [6.45, 7) is 0. The molecule has 12 heteroatoms. The van der Waals surface area contributed by atoms with Crippen molar-refractivity contribution in [2.24, 2.45) is 0 Å². The number of hydrazine groups is 1. The molecule has 0 aliphatic heterocycles. The third-order valence-corrected chi connectivity index (χ3v) is 3.54. The molecule has 0 radical (unpaired) electrons. The van der Waals surface area contributed by atoms with Crippen LogP contribution in [0.2, 0.25) is 0 Å². The monoisotopic (exact) mass is 401 g/mol. The van der Waals surface area contributed by atoms with Gasteiger partial charge in [-0.25, -0.2) is 0 Å². The second-order valence-corrected chi connectivity index (χ2v) is 5.67. The molecule has 3 amide bonds. The number of carbonyl (C=O) groups excluding carboxylic acids is 3. The van der Waals surface area contributed by atoms with Crippen molar-refractivity contribution < 1.29 is 24.2 Å². The number of nitro groups is 2. The van der Waals surface area contributed by atoms with Gasteiger partial charge in [0.1, 0.15) is 0 Å². The van der Waals surface area contributed by atoms with E-state index in [9.17, 15) is 34.6 Å². The van der Waals surface area contributed by atoms with Crippen molar-refractivity contribution in [2.45, 2.75) is 12.8 Å². The maximum Gasteiger partial charge on any atom is 0.277 e. The van der Waals surface area contributed by atoms with Crippen LogP contribution in [-0.4, -0.2) is 27.6 Å². The molecule has 0 bridgehead atoms. The fraction of sp³-hybridized carbons (Fsp3) is 0.118. The summed E-state index contributed by atoms with van der Waals surface area (Å²) in [7, 11) is 0. The van der Waals surface area contributed by atoms with Crippen LogP contribution in [0.1, 0.15) is 23.2 Å². The summed E-state index contributed by atoms with van der Waals surface area (Å²) < 4.78 is 0. The van der Waals surface area contributed by atoms with Crippen molar-refractivity contribution in [3.8, 4) is 0 Å². The number of rotatable bonds is 7. The summed E-state index contributed by atoms with van der Waals surface area (Å²) >= 11 is 0. The van der Waals surface area contributed by atoms with Gasteiger partial charge < -0.3 is 5.32 Å². The lowest BCUT2D eigenvalue weighted by molar-refractivity contribution is -0.394. The molecule has 0 aliphatic rings. The molecule has 0 heterocycles. The Balaban J connectivity index is 1.88. The molecular formula is C17H15N5O7. The number of hydrogen-bond acceptors (Lipinski definition) is 7. The van der Waals surface area contributed by atoms with E-state index in [-0.39, 0.29) is 18.4 Å². The Morgan fingerprint density at radius 3 is 1.90 bits per heavy atom. The largest absolute Gasteiger partial charge is 0.326 e. The van der Waals surface area contributed by atoms with E-state index in [0.29, 0.717) is 11.8 Å². The van der Waals surface area contributed by atoms with Gasteiger partial charge in [0.15, 0.2) is 0 Å². The predicted molar refractivity (Wildman–Crippen MR) is 99.7 cm³/mol. The Bertz CT molecular complexity index is 930. The fourth-order valence-corrected chi connectivity index (χ4v) is 2.17. The number of para-hydroxylation sites is 1. The lowest BCUT2D eigenvalue weighted by atomic mass is 10.1. The van der Waals surface area contributed by atoms with Gasteiger partial charge in [-0.1, -0.05) is 18.2 Å². The zero-order chi connectivity index (χ0) is 21.4. The van der Waals surface area contributed by atoms with Crippen molar-refractivity contribution in [3.63, 3.8) is 0 Å². The molecule has 2 aromatic rings. The Kier molecular flexibility index (Phi) is 6.90. The smallest absolute Gasteiger partial charge is 0.277 e. The van der Waals surface area contributed by atoms with Crippen molar-refractivity contribution in [1.29, 1.82) is 0 Å². The number of benzene rings is 2. The minimum absolute atomic E-state index is 0.154. The molecular weight excluding hydrogens is 386 g/mol. The summed E-state index contributed by atoms with van der Waals surface area (Å²) in [5, 5.41) is 24.3. The number of non-ortho nitro benzene ring substituents is 2. The second-order valence-electron chi connectivity index (χ2n) is 5.67. The van der Waals surface area contributed by atoms with Crippen LogP contribution in [0.3, 0.4) is 0 Å². The number of hydrogen-bond donors (Lipinski definition) is 3. The summed E-state index contributed by atoms with van der Waals surface area (Å²) in [6, 6.07) is 11.0. The first-order chi connectivity index (χ1) is 13.8. The molecule has 2 rings (SSSR count). The van der Waals surface area contributed by atoms with Crippen LogP contribution in [0, 0.1) is 20.2 Å². The van der Waals surface area contributed by atoms with E-state index in [1.807, 2.05) is 10.9 Å². The SMILES string of the molecule is O=C(CCC(=O)Nc1ccccc1)NNC(=O)c1cc([N+](=O)[O-])cc([N+](=O)[O-])c1. The summed E-state index contributed by atoms with van der Waals surface area (Å²) in [4.78, 5) is 55.5. The number of nitrogens with zero attached hydrogens (tertiary/aromatic N) is 2. The van der Waals surface area contributed by atoms with Gasteiger partial charge in [-0.3, -0.25) is 45.5 Å². The maximum absolute atomic E-state index is 12.0. The van der Waals surface area contributed by atoms with E-state index in [0.717, 1.165) is 12.1 Å². The van der Waals surface area contributed by atoms with E-state index in [2.05, 4.69) is 5.32 Å². The van der Waals surface area contributed by atoms with E-state index >= 15 is 0 Å². The summed E-state index contributed by atoms with van der Waals surface area (Å²) in [5.41, 5.74) is 2.92. The quantitative estimate of drug-likeness (QED) is 0.467. The lowest BCUT2D eigenvalue weighted by Crippen LogP contribution is -2.41. The van der Waals surface area contributed by atoms with Crippen LogP contribution >= 0.6 is 0 Å². The summed E-state index contributed by atoms with van der Waals surface area (Å²) in [6.07, 6.45) is -0.396. The van der Waals surface area contributed by atoms with E-state index in [1.165, 1.54) is 0 Å². The van der Waals surface area contributed by atoms with E-state index in [1.54, 1.807) is 30.3 Å². The molecule has 0 unspecified atom stereocenters. The minimum atomic E-state index is -0.987. The molecule has 0 saturated heterocycles. The van der Waals surface area contributed by atoms with Crippen LogP contribution in [0.15, 0.2) is 48.5 Å². The molecule has 3 N–H and O–H groups in total. The summed E-state index contributed by atoms with van der Waals surface area (Å²) in [5.74, 6) is -2.09. The molecule has 29 heavy (non-hydrogen) atoms. The minimum Gasteiger partial charge on any atom is -0.326 e. The van der Waals surface area contributed by atoms with Crippen molar-refractivity contribution in [3.05, 3.63) is 74.3 Å². The van der Waals surface area contributed by atoms with Crippen LogP contribution in [0.4, 0.5) is 17.1 Å². The number of nitro benzene ring substituents is 2. The second kappa shape index (κ2) is 9.55. The van der Waals surface area contributed by atoms with Gasteiger partial charge >= 0.3 is 0 Å². The third-order valence-electron chi connectivity index (χ3n) is 3.54. The highest BCUT2D eigenvalue weighted by atomic mass is 16.6. The highest BCUT2D eigenvalue weighted by Gasteiger charge is 2.20. The van der Waals surface area contributed by atoms with Crippen LogP contribution in [-0.2, 0) is 9.59 Å². The first kappa shape index (κ1) is 21.0. The van der Waals surface area contributed by atoms with Crippen molar-refractivity contribution in [2.75, 3.05) is 5.32 Å². The molecule has 0 atom stereocenters. The number of anilines is 1. The van der Waals surface area contributed by atoms with Gasteiger partial charge in [0.05, 0.1) is 21.5 Å². The van der Waals surface area contributed by atoms with Gasteiger partial charge in [0.25, 0.3) is 17.3 Å². The highest BCUT2D eigenvalue weighted by molar-refractivity contribution is 5.97. The van der Waals surface area contributed by atoms with Crippen molar-refractivity contribution in [1.82, 2.24) is 10.9 Å². The fourth-order valence-electron chi connectivity index (χ4n) is 2.17. The van der Waals surface area contributed by atoms with Gasteiger partial charge in [-0.05, 0) is 12.1 Å². The van der Waals surface area contributed by atoms with Gasteiger partial charge in [0, 0.05) is 30.7 Å². The number of amides is 3. The Morgan fingerprint density at radius 1 is 0.793 bits per heavy atom. The van der Waals surface area contributed by atoms with E-state index < -0.39 is 38.9 Å². The molecule has 0 fully saturated rings. The molecule has 0 spiro atoms. The Hall–Kier alpha value is -4.35. The Morgan fingerprint density at radius 2 is 1.34 bits per heavy atom. The highest BCUT2D eigenvalue weighted by Crippen LogP contribution is 2.22. The first-order valence-corrected chi connectivity index (χ1v) is 8.14. The molecule has 0 aromatic heterocycles. The lowest BCUT2D eigenvalue weighted by Gasteiger charge is -2.08. The molecule has 150 valence electrons. The molecule has 0 aliphatic carbocycles. The van der Waals surface area contributed by atoms with E-state index in [4.69, 9.17) is 0 Å². The van der Waals surface area contributed by atoms with Crippen LogP contribution < -0.4 is 16.2 Å². The molecule has 0 saturated carbocycles. The standard InChI is InChI=1S/C17H15N5O7/c23-15(18-12-4-2-1-3-5-12)6-7-16(24)19-20-17(25)11-8-13(21(26)27)10-14(9-11)22(28)29/h1-5,8-10H,6-7H2,(H,18,23)(H,19,24)(H,20,25). The third kappa shape index (κ3) is 6.39. The first-order valence-electron chi connectivity index (χ1n) is 8.14. The normalized spacial score (nSPS) is 9.93. The average molecular weight is 401 g/mol. The molecule has 12 nitrogen and oxygen atoms in total.